The Morgan fingerprint density at radius 2 is 1.95 bits per heavy atom. The van der Waals surface area contributed by atoms with Gasteiger partial charge in [0.1, 0.15) is 18.0 Å². The van der Waals surface area contributed by atoms with E-state index in [0.717, 1.165) is 24.7 Å². The van der Waals surface area contributed by atoms with Crippen molar-refractivity contribution in [2.24, 2.45) is 0 Å². The monoisotopic (exact) mass is 259 g/mol. The van der Waals surface area contributed by atoms with Crippen LogP contribution in [-0.2, 0) is 5.41 Å². The van der Waals surface area contributed by atoms with Crippen molar-refractivity contribution in [3.63, 3.8) is 0 Å². The largest absolute Gasteiger partial charge is 0.370 e. The number of aromatic amines is 1. The Kier molecular flexibility index (Phi) is 4.04. The van der Waals surface area contributed by atoms with Crippen LogP contribution in [0, 0.1) is 0 Å². The number of hydrogen-bond acceptors (Lipinski definition) is 4. The lowest BCUT2D eigenvalue weighted by atomic mass is 9.89. The van der Waals surface area contributed by atoms with Crippen LogP contribution in [0.15, 0.2) is 30.7 Å². The van der Waals surface area contributed by atoms with Gasteiger partial charge in [0.25, 0.3) is 0 Å². The summed E-state index contributed by atoms with van der Waals surface area (Å²) < 4.78 is 0. The van der Waals surface area contributed by atoms with E-state index in [1.807, 2.05) is 25.3 Å². The van der Waals surface area contributed by atoms with Crippen LogP contribution in [0.1, 0.15) is 26.5 Å². The topological polar surface area (TPSA) is 65.6 Å². The molecule has 0 amide bonds. The van der Waals surface area contributed by atoms with Crippen LogP contribution >= 0.6 is 0 Å². The van der Waals surface area contributed by atoms with Crippen LogP contribution in [0.2, 0.25) is 0 Å². The van der Waals surface area contributed by atoms with Crippen molar-refractivity contribution < 1.29 is 0 Å². The van der Waals surface area contributed by atoms with Gasteiger partial charge in [-0.15, -0.1) is 0 Å². The lowest BCUT2D eigenvalue weighted by Gasteiger charge is -2.24. The van der Waals surface area contributed by atoms with Crippen LogP contribution in [0.25, 0.3) is 0 Å². The van der Waals surface area contributed by atoms with E-state index in [1.54, 1.807) is 6.33 Å². The molecular weight excluding hydrogens is 238 g/mol. The zero-order chi connectivity index (χ0) is 13.7. The summed E-state index contributed by atoms with van der Waals surface area (Å²) in [7, 11) is 0. The highest BCUT2D eigenvalue weighted by Gasteiger charge is 2.21. The van der Waals surface area contributed by atoms with E-state index in [-0.39, 0.29) is 5.41 Å². The van der Waals surface area contributed by atoms with Gasteiger partial charge in [0, 0.05) is 36.5 Å². The molecule has 3 N–H and O–H groups in total. The third-order valence-corrected chi connectivity index (χ3v) is 3.06. The number of aromatic nitrogens is 3. The predicted octanol–water partition coefficient (Wildman–Crippen LogP) is 2.63. The molecule has 0 saturated carbocycles. The first kappa shape index (κ1) is 13.4. The zero-order valence-corrected chi connectivity index (χ0v) is 11.7. The molecule has 2 heterocycles. The summed E-state index contributed by atoms with van der Waals surface area (Å²) in [5, 5.41) is 6.54. The van der Waals surface area contributed by atoms with E-state index in [9.17, 15) is 0 Å². The summed E-state index contributed by atoms with van der Waals surface area (Å²) in [6.07, 6.45) is 3.52. The Morgan fingerprint density at radius 3 is 2.58 bits per heavy atom. The maximum Gasteiger partial charge on any atom is 0.131 e. The fourth-order valence-corrected chi connectivity index (χ4v) is 1.89. The van der Waals surface area contributed by atoms with Crippen molar-refractivity contribution in [1.29, 1.82) is 0 Å². The van der Waals surface area contributed by atoms with E-state index in [4.69, 9.17) is 0 Å². The molecule has 0 aromatic carbocycles. The van der Waals surface area contributed by atoms with Crippen LogP contribution in [0.4, 0.5) is 11.6 Å². The Morgan fingerprint density at radius 1 is 1.21 bits per heavy atom. The smallest absolute Gasteiger partial charge is 0.131 e. The van der Waals surface area contributed by atoms with E-state index < -0.39 is 0 Å². The number of nitrogens with zero attached hydrogens (tertiary/aromatic N) is 2. The van der Waals surface area contributed by atoms with Gasteiger partial charge in [-0.25, -0.2) is 9.97 Å². The molecule has 5 heteroatoms. The van der Waals surface area contributed by atoms with Crippen molar-refractivity contribution in [2.75, 3.05) is 23.7 Å². The number of nitrogens with one attached hydrogen (secondary N) is 3. The average Bonchev–Trinajstić information content (AvgIpc) is 2.92. The van der Waals surface area contributed by atoms with E-state index in [2.05, 4.69) is 45.5 Å². The second kappa shape index (κ2) is 5.73. The number of rotatable bonds is 6. The molecule has 2 aromatic rings. The highest BCUT2D eigenvalue weighted by atomic mass is 15.1. The first-order valence-corrected chi connectivity index (χ1v) is 6.55. The Bertz CT molecular complexity index is 504. The molecule has 0 unspecified atom stereocenters. The molecule has 0 atom stereocenters. The van der Waals surface area contributed by atoms with Gasteiger partial charge in [0.15, 0.2) is 0 Å². The SMILES string of the molecule is CCNc1cc(NCC(C)(C)c2ccc[nH]2)ncn1. The number of hydrogen-bond donors (Lipinski definition) is 3. The fourth-order valence-electron chi connectivity index (χ4n) is 1.89. The van der Waals surface area contributed by atoms with Gasteiger partial charge in [-0.05, 0) is 19.1 Å². The van der Waals surface area contributed by atoms with E-state index in [1.165, 1.54) is 5.69 Å². The average molecular weight is 259 g/mol. The van der Waals surface area contributed by atoms with Crippen LogP contribution in [0.5, 0.6) is 0 Å². The molecule has 0 aliphatic rings. The van der Waals surface area contributed by atoms with E-state index in [0.29, 0.717) is 0 Å². The summed E-state index contributed by atoms with van der Waals surface area (Å²) in [5.74, 6) is 1.68. The number of H-pyrrole nitrogens is 1. The van der Waals surface area contributed by atoms with Crippen molar-refractivity contribution in [3.8, 4) is 0 Å². The Hall–Kier alpha value is -2.04. The molecule has 102 valence electrons. The Balaban J connectivity index is 2.00. The molecule has 0 spiro atoms. The molecule has 0 fully saturated rings. The molecule has 0 bridgehead atoms. The first-order valence-electron chi connectivity index (χ1n) is 6.55. The van der Waals surface area contributed by atoms with Crippen molar-refractivity contribution in [1.82, 2.24) is 15.0 Å². The highest BCUT2D eigenvalue weighted by Crippen LogP contribution is 2.21. The van der Waals surface area contributed by atoms with Gasteiger partial charge in [0.05, 0.1) is 0 Å². The van der Waals surface area contributed by atoms with Gasteiger partial charge in [-0.2, -0.15) is 0 Å². The Labute approximate surface area is 113 Å². The van der Waals surface area contributed by atoms with Crippen molar-refractivity contribution >= 4 is 11.6 Å². The lowest BCUT2D eigenvalue weighted by molar-refractivity contribution is 0.541. The summed E-state index contributed by atoms with van der Waals surface area (Å²) in [4.78, 5) is 11.6. The first-order chi connectivity index (χ1) is 9.12. The molecule has 0 aliphatic heterocycles. The van der Waals surface area contributed by atoms with Gasteiger partial charge >= 0.3 is 0 Å². The minimum absolute atomic E-state index is 0.0206. The second-order valence-corrected chi connectivity index (χ2v) is 5.14. The highest BCUT2D eigenvalue weighted by molar-refractivity contribution is 5.46. The lowest BCUT2D eigenvalue weighted by Crippen LogP contribution is -2.28. The van der Waals surface area contributed by atoms with Gasteiger partial charge < -0.3 is 15.6 Å². The predicted molar refractivity (Wildman–Crippen MR) is 78.5 cm³/mol. The second-order valence-electron chi connectivity index (χ2n) is 5.14. The quantitative estimate of drug-likeness (QED) is 0.746. The summed E-state index contributed by atoms with van der Waals surface area (Å²) in [5.41, 5.74) is 1.23. The summed E-state index contributed by atoms with van der Waals surface area (Å²) >= 11 is 0. The van der Waals surface area contributed by atoms with Gasteiger partial charge in [0.2, 0.25) is 0 Å². The molecule has 2 rings (SSSR count). The normalized spacial score (nSPS) is 11.3. The van der Waals surface area contributed by atoms with Crippen LogP contribution in [0.3, 0.4) is 0 Å². The van der Waals surface area contributed by atoms with E-state index >= 15 is 0 Å². The zero-order valence-electron chi connectivity index (χ0n) is 11.7. The van der Waals surface area contributed by atoms with Crippen LogP contribution < -0.4 is 10.6 Å². The van der Waals surface area contributed by atoms with Crippen LogP contribution in [-0.4, -0.2) is 28.0 Å². The molecular formula is C14H21N5. The minimum Gasteiger partial charge on any atom is -0.370 e. The summed E-state index contributed by atoms with van der Waals surface area (Å²) in [6.45, 7) is 8.08. The van der Waals surface area contributed by atoms with Gasteiger partial charge in [-0.3, -0.25) is 0 Å². The molecule has 5 nitrogen and oxygen atoms in total. The standard InChI is InChI=1S/C14H21N5/c1-4-15-12-8-13(19-10-18-12)17-9-14(2,3)11-6-5-7-16-11/h5-8,10,16H,4,9H2,1-3H3,(H2,15,17,18,19). The van der Waals surface area contributed by atoms with Gasteiger partial charge in [-0.1, -0.05) is 13.8 Å². The molecule has 0 saturated heterocycles. The minimum atomic E-state index is 0.0206. The maximum absolute atomic E-state index is 4.23. The fraction of sp³-hybridized carbons (Fsp3) is 0.429. The summed E-state index contributed by atoms with van der Waals surface area (Å²) in [6, 6.07) is 6.05. The third-order valence-electron chi connectivity index (χ3n) is 3.06. The van der Waals surface area contributed by atoms with Crippen molar-refractivity contribution in [3.05, 3.63) is 36.4 Å². The third kappa shape index (κ3) is 3.47. The van der Waals surface area contributed by atoms with Crippen molar-refractivity contribution in [2.45, 2.75) is 26.2 Å². The molecule has 0 aliphatic carbocycles. The molecule has 2 aromatic heterocycles. The maximum atomic E-state index is 4.23. The molecule has 0 radical (unpaired) electrons. The number of anilines is 2. The molecule has 19 heavy (non-hydrogen) atoms.